The number of carbonyl (C=O) groups is 1. The van der Waals surface area contributed by atoms with Crippen LogP contribution in [0, 0.1) is 6.92 Å². The third kappa shape index (κ3) is 3.81. The van der Waals surface area contributed by atoms with E-state index in [1.54, 1.807) is 30.1 Å². The number of rotatable bonds is 5. The van der Waals surface area contributed by atoms with Gasteiger partial charge in [-0.1, -0.05) is 13.8 Å². The fourth-order valence-electron chi connectivity index (χ4n) is 2.09. The minimum atomic E-state index is -0.162. The number of amides is 1. The van der Waals surface area contributed by atoms with Crippen LogP contribution in [0.1, 0.15) is 31.0 Å². The molecule has 6 heteroatoms. The van der Waals surface area contributed by atoms with Gasteiger partial charge in [0.25, 0.3) is 0 Å². The largest absolute Gasteiger partial charge is 0.495 e. The molecule has 112 valence electrons. The molecule has 0 aliphatic rings. The number of methoxy groups -OCH3 is 1. The predicted molar refractivity (Wildman–Crippen MR) is 80.5 cm³/mol. The van der Waals surface area contributed by atoms with Crippen molar-refractivity contribution in [1.82, 2.24) is 14.8 Å². The van der Waals surface area contributed by atoms with Gasteiger partial charge in [0.2, 0.25) is 5.91 Å². The molecule has 0 aliphatic heterocycles. The normalized spacial score (nSPS) is 10.7. The molecule has 0 bridgehead atoms. The van der Waals surface area contributed by atoms with E-state index in [9.17, 15) is 4.79 Å². The standard InChI is InChI=1S/C15H20N4O2/c1-10(2)13-8-19(18-11(13)3)9-15(20)17-14-6-5-12(21-4)7-16-14/h5-8,10H,9H2,1-4H3,(H,16,17,20). The van der Waals surface area contributed by atoms with Crippen LogP contribution in [0.4, 0.5) is 5.82 Å². The van der Waals surface area contributed by atoms with E-state index in [-0.39, 0.29) is 12.5 Å². The highest BCUT2D eigenvalue weighted by molar-refractivity contribution is 5.89. The maximum absolute atomic E-state index is 12.0. The zero-order chi connectivity index (χ0) is 15.4. The van der Waals surface area contributed by atoms with Gasteiger partial charge in [-0.15, -0.1) is 0 Å². The Kier molecular flexibility index (Phi) is 4.57. The van der Waals surface area contributed by atoms with Crippen LogP contribution < -0.4 is 10.1 Å². The maximum atomic E-state index is 12.0. The molecule has 0 fully saturated rings. The molecule has 0 aromatic carbocycles. The Hall–Kier alpha value is -2.37. The number of nitrogens with zero attached hydrogens (tertiary/aromatic N) is 3. The van der Waals surface area contributed by atoms with E-state index < -0.39 is 0 Å². The van der Waals surface area contributed by atoms with Crippen molar-refractivity contribution in [3.63, 3.8) is 0 Å². The number of anilines is 1. The maximum Gasteiger partial charge on any atom is 0.247 e. The summed E-state index contributed by atoms with van der Waals surface area (Å²) in [5.41, 5.74) is 2.12. The summed E-state index contributed by atoms with van der Waals surface area (Å²) in [6.07, 6.45) is 3.48. The average molecular weight is 288 g/mol. The molecular formula is C15H20N4O2. The third-order valence-electron chi connectivity index (χ3n) is 3.15. The van der Waals surface area contributed by atoms with Crippen LogP contribution in [-0.2, 0) is 11.3 Å². The molecule has 0 aliphatic carbocycles. The van der Waals surface area contributed by atoms with Gasteiger partial charge < -0.3 is 10.1 Å². The molecule has 2 aromatic heterocycles. The van der Waals surface area contributed by atoms with E-state index in [2.05, 4.69) is 29.2 Å². The van der Waals surface area contributed by atoms with Crippen LogP contribution in [0.15, 0.2) is 24.5 Å². The quantitative estimate of drug-likeness (QED) is 0.917. The van der Waals surface area contributed by atoms with Crippen LogP contribution in [0.25, 0.3) is 0 Å². The zero-order valence-electron chi connectivity index (χ0n) is 12.8. The molecule has 0 unspecified atom stereocenters. The van der Waals surface area contributed by atoms with Crippen molar-refractivity contribution in [2.24, 2.45) is 0 Å². The second-order valence-corrected chi connectivity index (χ2v) is 5.15. The number of carbonyl (C=O) groups excluding carboxylic acids is 1. The second kappa shape index (κ2) is 6.39. The summed E-state index contributed by atoms with van der Waals surface area (Å²) in [5.74, 6) is 1.38. The van der Waals surface area contributed by atoms with Crippen LogP contribution in [-0.4, -0.2) is 27.8 Å². The minimum Gasteiger partial charge on any atom is -0.495 e. The molecule has 1 N–H and O–H groups in total. The van der Waals surface area contributed by atoms with Crippen molar-refractivity contribution in [3.05, 3.63) is 35.8 Å². The zero-order valence-corrected chi connectivity index (χ0v) is 12.8. The highest BCUT2D eigenvalue weighted by Gasteiger charge is 2.11. The monoisotopic (exact) mass is 288 g/mol. The van der Waals surface area contributed by atoms with E-state index in [4.69, 9.17) is 4.74 Å². The number of aryl methyl sites for hydroxylation is 1. The first-order valence-electron chi connectivity index (χ1n) is 6.83. The fourth-order valence-corrected chi connectivity index (χ4v) is 2.09. The van der Waals surface area contributed by atoms with Gasteiger partial charge in [0.15, 0.2) is 0 Å². The first-order valence-corrected chi connectivity index (χ1v) is 6.83. The van der Waals surface area contributed by atoms with Crippen molar-refractivity contribution in [1.29, 1.82) is 0 Å². The van der Waals surface area contributed by atoms with Crippen molar-refractivity contribution in [3.8, 4) is 5.75 Å². The third-order valence-corrected chi connectivity index (χ3v) is 3.15. The summed E-state index contributed by atoms with van der Waals surface area (Å²) < 4.78 is 6.68. The van der Waals surface area contributed by atoms with Gasteiger partial charge in [0, 0.05) is 6.20 Å². The van der Waals surface area contributed by atoms with Crippen LogP contribution in [0.5, 0.6) is 5.75 Å². The number of nitrogens with one attached hydrogen (secondary N) is 1. The molecule has 6 nitrogen and oxygen atoms in total. The van der Waals surface area contributed by atoms with Gasteiger partial charge in [-0.25, -0.2) is 4.98 Å². The molecule has 0 saturated carbocycles. The molecule has 21 heavy (non-hydrogen) atoms. The number of hydrogen-bond acceptors (Lipinski definition) is 4. The van der Waals surface area contributed by atoms with E-state index in [1.807, 2.05) is 13.1 Å². The Morgan fingerprint density at radius 1 is 1.43 bits per heavy atom. The second-order valence-electron chi connectivity index (χ2n) is 5.15. The molecular weight excluding hydrogens is 268 g/mol. The van der Waals surface area contributed by atoms with Gasteiger partial charge in [0.1, 0.15) is 18.1 Å². The summed E-state index contributed by atoms with van der Waals surface area (Å²) in [6.45, 7) is 6.33. The van der Waals surface area contributed by atoms with Crippen LogP contribution in [0.2, 0.25) is 0 Å². The van der Waals surface area contributed by atoms with Gasteiger partial charge >= 0.3 is 0 Å². The van der Waals surface area contributed by atoms with Crippen molar-refractivity contribution in [2.75, 3.05) is 12.4 Å². The van der Waals surface area contributed by atoms with Crippen molar-refractivity contribution in [2.45, 2.75) is 33.2 Å². The Bertz CT molecular complexity index is 617. The van der Waals surface area contributed by atoms with Gasteiger partial charge in [-0.2, -0.15) is 5.10 Å². The van der Waals surface area contributed by atoms with E-state index in [0.717, 1.165) is 11.3 Å². The van der Waals surface area contributed by atoms with E-state index in [0.29, 0.717) is 17.5 Å². The fraction of sp³-hybridized carbons (Fsp3) is 0.400. The summed E-state index contributed by atoms with van der Waals surface area (Å²) in [7, 11) is 1.57. The SMILES string of the molecule is COc1ccc(NC(=O)Cn2cc(C(C)C)c(C)n2)nc1. The predicted octanol–water partition coefficient (Wildman–Crippen LogP) is 2.36. The highest BCUT2D eigenvalue weighted by Crippen LogP contribution is 2.17. The Morgan fingerprint density at radius 2 is 2.19 bits per heavy atom. The summed E-state index contributed by atoms with van der Waals surface area (Å²) >= 11 is 0. The number of aromatic nitrogens is 3. The summed E-state index contributed by atoms with van der Waals surface area (Å²) in [4.78, 5) is 16.1. The molecule has 0 radical (unpaired) electrons. The lowest BCUT2D eigenvalue weighted by Crippen LogP contribution is -2.19. The lowest BCUT2D eigenvalue weighted by atomic mass is 10.1. The van der Waals surface area contributed by atoms with Crippen molar-refractivity contribution < 1.29 is 9.53 Å². The molecule has 2 rings (SSSR count). The minimum absolute atomic E-state index is 0.162. The number of ether oxygens (including phenoxy) is 1. The topological polar surface area (TPSA) is 69.0 Å². The smallest absolute Gasteiger partial charge is 0.247 e. The van der Waals surface area contributed by atoms with Crippen LogP contribution >= 0.6 is 0 Å². The lowest BCUT2D eigenvalue weighted by molar-refractivity contribution is -0.116. The summed E-state index contributed by atoms with van der Waals surface area (Å²) in [6, 6.07) is 3.45. The first kappa shape index (κ1) is 15.0. The Balaban J connectivity index is 1.99. The summed E-state index contributed by atoms with van der Waals surface area (Å²) in [5, 5.41) is 7.09. The molecule has 1 amide bonds. The average Bonchev–Trinajstić information content (AvgIpc) is 2.80. The number of hydrogen-bond donors (Lipinski definition) is 1. The number of pyridine rings is 1. The molecule has 0 atom stereocenters. The van der Waals surface area contributed by atoms with Crippen molar-refractivity contribution >= 4 is 11.7 Å². The molecule has 0 spiro atoms. The Morgan fingerprint density at radius 3 is 2.71 bits per heavy atom. The van der Waals surface area contributed by atoms with E-state index in [1.165, 1.54) is 0 Å². The van der Waals surface area contributed by atoms with Gasteiger partial charge in [-0.05, 0) is 30.5 Å². The Labute approximate surface area is 124 Å². The first-order chi connectivity index (χ1) is 9.99. The molecule has 0 saturated heterocycles. The van der Waals surface area contributed by atoms with Crippen LogP contribution in [0.3, 0.4) is 0 Å². The van der Waals surface area contributed by atoms with Gasteiger partial charge in [0.05, 0.1) is 19.0 Å². The lowest BCUT2D eigenvalue weighted by Gasteiger charge is -2.05. The highest BCUT2D eigenvalue weighted by atomic mass is 16.5. The molecule has 2 aromatic rings. The van der Waals surface area contributed by atoms with Gasteiger partial charge in [-0.3, -0.25) is 9.48 Å². The molecule has 2 heterocycles. The van der Waals surface area contributed by atoms with E-state index >= 15 is 0 Å².